The van der Waals surface area contributed by atoms with Gasteiger partial charge in [0.05, 0.1) is 22.0 Å². The van der Waals surface area contributed by atoms with Gasteiger partial charge in [0, 0.05) is 56.5 Å². The third kappa shape index (κ3) is 7.02. The van der Waals surface area contributed by atoms with E-state index in [1.54, 1.807) is 37.4 Å². The van der Waals surface area contributed by atoms with Crippen molar-refractivity contribution in [3.05, 3.63) is 88.6 Å². The Morgan fingerprint density at radius 1 is 1.13 bits per heavy atom. The van der Waals surface area contributed by atoms with Gasteiger partial charge in [-0.15, -0.1) is 0 Å². The topological polar surface area (TPSA) is 89.1 Å². The summed E-state index contributed by atoms with van der Waals surface area (Å²) in [4.78, 5) is 50.7. The number of fused-ring (bicyclic) bond motifs is 2. The molecule has 2 aromatic carbocycles. The van der Waals surface area contributed by atoms with E-state index in [0.29, 0.717) is 35.2 Å². The predicted octanol–water partition coefficient (Wildman–Crippen LogP) is 5.52. The molecule has 3 amide bonds. The molecule has 0 saturated carbocycles. The van der Waals surface area contributed by atoms with Crippen LogP contribution >= 0.6 is 11.6 Å². The maximum absolute atomic E-state index is 14.0. The summed E-state index contributed by atoms with van der Waals surface area (Å²) in [6.45, 7) is 2.53. The summed E-state index contributed by atoms with van der Waals surface area (Å²) in [5, 5.41) is 3.26. The van der Waals surface area contributed by atoms with Gasteiger partial charge in [0.25, 0.3) is 0 Å². The van der Waals surface area contributed by atoms with Crippen molar-refractivity contribution in [3.8, 4) is 0 Å². The average molecular weight is 655 g/mol. The fourth-order valence-corrected chi connectivity index (χ4v) is 6.22. The zero-order valence-corrected chi connectivity index (χ0v) is 26.6. The van der Waals surface area contributed by atoms with Crippen LogP contribution < -0.4 is 20.0 Å². The van der Waals surface area contributed by atoms with Crippen molar-refractivity contribution in [1.82, 2.24) is 9.88 Å². The number of pyridine rings is 1. The second-order valence-corrected chi connectivity index (χ2v) is 12.2. The number of likely N-dealkylation sites (N-methyl/N-ethyl adjacent to an activating group) is 2. The Labute approximate surface area is 270 Å². The van der Waals surface area contributed by atoms with Crippen LogP contribution in [-0.2, 0) is 27.1 Å². The van der Waals surface area contributed by atoms with Crippen LogP contribution in [0, 0.1) is 12.8 Å². The van der Waals surface area contributed by atoms with Crippen molar-refractivity contribution >= 4 is 52.2 Å². The van der Waals surface area contributed by atoms with Crippen LogP contribution in [0.3, 0.4) is 0 Å². The van der Waals surface area contributed by atoms with Crippen LogP contribution in [0.5, 0.6) is 0 Å². The number of aryl methyl sites for hydroxylation is 1. The zero-order chi connectivity index (χ0) is 33.3. The van der Waals surface area contributed by atoms with Gasteiger partial charge in [-0.25, -0.2) is 4.98 Å². The summed E-state index contributed by atoms with van der Waals surface area (Å²) in [5.74, 6) is -2.03. The van der Waals surface area contributed by atoms with Crippen LogP contribution in [0.15, 0.2) is 66.7 Å². The van der Waals surface area contributed by atoms with Crippen molar-refractivity contribution in [2.24, 2.45) is 5.92 Å². The lowest BCUT2D eigenvalue weighted by molar-refractivity contribution is -0.137. The second kappa shape index (κ2) is 13.1. The number of carbonyl (C=O) groups is 3. The fraction of sp³-hybridized carbons (Fsp3) is 0.333. The minimum absolute atomic E-state index is 0.0756. The van der Waals surface area contributed by atoms with Gasteiger partial charge in [0.1, 0.15) is 11.9 Å². The Balaban J connectivity index is 1.50. The number of nitrogens with zero attached hydrogens (tertiary/aromatic N) is 5. The van der Waals surface area contributed by atoms with Crippen molar-refractivity contribution < 1.29 is 27.6 Å². The molecule has 0 unspecified atom stereocenters. The van der Waals surface area contributed by atoms with Crippen LogP contribution in [0.4, 0.5) is 36.1 Å². The van der Waals surface area contributed by atoms with Crippen LogP contribution in [0.2, 0.25) is 5.02 Å². The summed E-state index contributed by atoms with van der Waals surface area (Å²) >= 11 is 6.74. The summed E-state index contributed by atoms with van der Waals surface area (Å²) in [5.41, 5.74) is 1.60. The number of anilines is 4. The van der Waals surface area contributed by atoms with Crippen molar-refractivity contribution in [3.63, 3.8) is 0 Å². The molecule has 9 nitrogen and oxygen atoms in total. The highest BCUT2D eigenvalue weighted by Gasteiger charge is 2.49. The van der Waals surface area contributed by atoms with Gasteiger partial charge in [-0.05, 0) is 63.0 Å². The Hall–Kier alpha value is -4.42. The first-order valence-electron chi connectivity index (χ1n) is 14.6. The number of halogens is 4. The molecule has 242 valence electrons. The number of rotatable bonds is 7. The number of alkyl halides is 3. The highest BCUT2D eigenvalue weighted by molar-refractivity contribution is 6.34. The zero-order valence-electron chi connectivity index (χ0n) is 25.8. The van der Waals surface area contributed by atoms with Gasteiger partial charge in [-0.2, -0.15) is 13.2 Å². The van der Waals surface area contributed by atoms with Gasteiger partial charge < -0.3 is 20.0 Å². The molecule has 2 atom stereocenters. The highest BCUT2D eigenvalue weighted by atomic mass is 35.5. The van der Waals surface area contributed by atoms with Crippen molar-refractivity contribution in [2.75, 3.05) is 54.2 Å². The summed E-state index contributed by atoms with van der Waals surface area (Å²) in [6, 6.07) is 13.1. The molecular weight excluding hydrogens is 621 g/mol. The molecule has 2 aliphatic heterocycles. The normalized spacial score (nSPS) is 18.6. The molecule has 3 heterocycles. The first kappa shape index (κ1) is 33.0. The van der Waals surface area contributed by atoms with E-state index in [2.05, 4.69) is 10.3 Å². The number of aromatic nitrogens is 1. The van der Waals surface area contributed by atoms with E-state index in [0.717, 1.165) is 22.6 Å². The minimum Gasteiger partial charge on any atom is -0.364 e. The molecule has 5 rings (SSSR count). The van der Waals surface area contributed by atoms with E-state index >= 15 is 0 Å². The number of hydrogen-bond donors (Lipinski definition) is 1. The van der Waals surface area contributed by atoms with E-state index in [1.807, 2.05) is 42.1 Å². The third-order valence-corrected chi connectivity index (χ3v) is 8.24. The number of hydrogen-bond acceptors (Lipinski definition) is 6. The smallest absolute Gasteiger partial charge is 0.364 e. The van der Waals surface area contributed by atoms with Crippen LogP contribution in [-0.4, -0.2) is 67.9 Å². The fourth-order valence-electron chi connectivity index (χ4n) is 5.93. The Morgan fingerprint density at radius 3 is 2.59 bits per heavy atom. The predicted molar refractivity (Wildman–Crippen MR) is 172 cm³/mol. The van der Waals surface area contributed by atoms with Gasteiger partial charge in [-0.1, -0.05) is 35.9 Å². The molecule has 0 aliphatic carbocycles. The van der Waals surface area contributed by atoms with E-state index < -0.39 is 35.5 Å². The lowest BCUT2D eigenvalue weighted by atomic mass is 9.95. The van der Waals surface area contributed by atoms with Gasteiger partial charge in [0.15, 0.2) is 0 Å². The maximum atomic E-state index is 14.0. The number of benzene rings is 2. The molecule has 0 bridgehead atoms. The van der Waals surface area contributed by atoms with E-state index in [-0.39, 0.29) is 30.4 Å². The molecule has 1 N–H and O–H groups in total. The van der Waals surface area contributed by atoms with E-state index in [9.17, 15) is 27.6 Å². The first-order chi connectivity index (χ1) is 21.7. The van der Waals surface area contributed by atoms with Gasteiger partial charge in [0.2, 0.25) is 17.7 Å². The average Bonchev–Trinajstić information content (AvgIpc) is 3.29. The summed E-state index contributed by atoms with van der Waals surface area (Å²) in [7, 11) is 5.36. The monoisotopic (exact) mass is 654 g/mol. The standard InChI is InChI=1S/C33H34ClF3N6O3/c1-20-14-23(33(35,36)37)17-27(38-20)43-29(45)16-22-19-42(31-25(34)10-6-11-26(31)41(4)32(46)30(22)43)18-21-8-5-9-24(15-21)39-28(44)12-7-13-40(2)3/h5-12,14-15,17,22,30H,13,16,18-19H2,1-4H3,(H,39,44)/b12-7+/t22-,30+/m1/s1. The second-order valence-electron chi connectivity index (χ2n) is 11.8. The Kier molecular flexibility index (Phi) is 9.41. The lowest BCUT2D eigenvalue weighted by Gasteiger charge is -2.39. The highest BCUT2D eigenvalue weighted by Crippen LogP contribution is 2.43. The molecule has 0 radical (unpaired) electrons. The number of carbonyl (C=O) groups excluding carboxylic acids is 3. The van der Waals surface area contributed by atoms with Gasteiger partial charge in [-0.3, -0.25) is 19.3 Å². The van der Waals surface area contributed by atoms with Crippen molar-refractivity contribution in [2.45, 2.75) is 32.1 Å². The minimum atomic E-state index is -4.66. The van der Waals surface area contributed by atoms with E-state index in [4.69, 9.17) is 11.6 Å². The molecule has 0 spiro atoms. The summed E-state index contributed by atoms with van der Waals surface area (Å²) in [6.07, 6.45) is -1.51. The van der Waals surface area contributed by atoms with Crippen LogP contribution in [0.25, 0.3) is 0 Å². The molecule has 1 fully saturated rings. The van der Waals surface area contributed by atoms with Crippen molar-refractivity contribution in [1.29, 1.82) is 0 Å². The largest absolute Gasteiger partial charge is 0.416 e. The molecule has 13 heteroatoms. The quantitative estimate of drug-likeness (QED) is 0.338. The number of para-hydroxylation sites is 1. The van der Waals surface area contributed by atoms with Gasteiger partial charge >= 0.3 is 6.18 Å². The molecule has 1 saturated heterocycles. The molecule has 1 aromatic heterocycles. The lowest BCUT2D eigenvalue weighted by Crippen LogP contribution is -2.52. The molecule has 2 aliphatic rings. The molecular formula is C33H34ClF3N6O3. The third-order valence-electron chi connectivity index (χ3n) is 7.93. The Morgan fingerprint density at radius 2 is 1.87 bits per heavy atom. The summed E-state index contributed by atoms with van der Waals surface area (Å²) < 4.78 is 41.1. The number of amides is 3. The Bertz CT molecular complexity index is 1700. The van der Waals surface area contributed by atoms with Crippen LogP contribution in [0.1, 0.15) is 23.2 Å². The number of nitrogens with one attached hydrogen (secondary N) is 1. The maximum Gasteiger partial charge on any atom is 0.416 e. The van der Waals surface area contributed by atoms with E-state index in [1.165, 1.54) is 17.9 Å². The first-order valence-corrected chi connectivity index (χ1v) is 15.0. The molecule has 3 aromatic rings. The SMILES string of the molecule is Cc1cc(C(F)(F)F)cc(N2C(=O)C[C@@H]3CN(Cc4cccc(NC(=O)/C=C/CN(C)C)c4)c4c(Cl)cccc4N(C)C(=O)[C@H]32)n1. The molecule has 46 heavy (non-hydrogen) atoms.